The first-order valence-corrected chi connectivity index (χ1v) is 12.5. The van der Waals surface area contributed by atoms with Crippen molar-refractivity contribution < 1.29 is 32.2 Å². The Morgan fingerprint density at radius 1 is 0.971 bits per heavy atom. The van der Waals surface area contributed by atoms with Gasteiger partial charge in [0.15, 0.2) is 11.5 Å². The summed E-state index contributed by atoms with van der Waals surface area (Å²) in [5.74, 6) is 1.35. The summed E-state index contributed by atoms with van der Waals surface area (Å²) >= 11 is 0. The van der Waals surface area contributed by atoms with Crippen LogP contribution in [-0.4, -0.2) is 66.7 Å². The molecule has 1 saturated heterocycles. The van der Waals surface area contributed by atoms with Gasteiger partial charge in [-0.3, -0.25) is 4.79 Å². The quantitative estimate of drug-likeness (QED) is 0.543. The maximum atomic E-state index is 13.4. The molecule has 3 rings (SSSR count). The monoisotopic (exact) mass is 492 g/mol. The molecule has 1 fully saturated rings. The average Bonchev–Trinajstić information content (AvgIpc) is 2.88. The number of carbonyl (C=O) groups excluding carboxylic acids is 1. The molecule has 1 aliphatic rings. The van der Waals surface area contributed by atoms with E-state index in [1.807, 2.05) is 18.2 Å². The van der Waals surface area contributed by atoms with Gasteiger partial charge in [0.25, 0.3) is 0 Å². The van der Waals surface area contributed by atoms with Crippen molar-refractivity contribution >= 4 is 15.9 Å². The number of amides is 1. The summed E-state index contributed by atoms with van der Waals surface area (Å²) in [5, 5.41) is 2.94. The van der Waals surface area contributed by atoms with Crippen LogP contribution < -0.4 is 24.3 Å². The van der Waals surface area contributed by atoms with Gasteiger partial charge in [-0.2, -0.15) is 4.31 Å². The number of methoxy groups -OCH3 is 4. The molecule has 186 valence electrons. The molecule has 0 unspecified atom stereocenters. The SMILES string of the molecule is COc1ccc(OC)c(S(=O)(=O)N2CCC[C@@H](C(=O)NCCc3ccc(OC)c(OC)c3)C2)c1. The van der Waals surface area contributed by atoms with Crippen LogP contribution in [0.25, 0.3) is 0 Å². The highest BCUT2D eigenvalue weighted by Gasteiger charge is 2.35. The Balaban J connectivity index is 1.64. The average molecular weight is 493 g/mol. The van der Waals surface area contributed by atoms with Gasteiger partial charge in [-0.05, 0) is 49.1 Å². The lowest BCUT2D eigenvalue weighted by Gasteiger charge is -2.31. The zero-order valence-electron chi connectivity index (χ0n) is 20.0. The first kappa shape index (κ1) is 25.6. The van der Waals surface area contributed by atoms with Crippen LogP contribution in [0.3, 0.4) is 0 Å². The fourth-order valence-corrected chi connectivity index (χ4v) is 5.70. The number of hydrogen-bond donors (Lipinski definition) is 1. The van der Waals surface area contributed by atoms with Crippen LogP contribution in [0.5, 0.6) is 23.0 Å². The molecule has 1 aliphatic heterocycles. The topological polar surface area (TPSA) is 103 Å². The molecule has 1 heterocycles. The van der Waals surface area contributed by atoms with E-state index in [0.717, 1.165) is 5.56 Å². The second kappa shape index (κ2) is 11.4. The summed E-state index contributed by atoms with van der Waals surface area (Å²) < 4.78 is 49.1. The van der Waals surface area contributed by atoms with Crippen LogP contribution in [0, 0.1) is 5.92 Å². The van der Waals surface area contributed by atoms with Gasteiger partial charge in [-0.1, -0.05) is 6.07 Å². The Labute approximate surface area is 201 Å². The van der Waals surface area contributed by atoms with Crippen LogP contribution >= 0.6 is 0 Å². The second-order valence-corrected chi connectivity index (χ2v) is 9.86. The van der Waals surface area contributed by atoms with Crippen molar-refractivity contribution in [2.75, 3.05) is 48.1 Å². The van der Waals surface area contributed by atoms with Crippen molar-refractivity contribution in [3.8, 4) is 23.0 Å². The van der Waals surface area contributed by atoms with Crippen LogP contribution in [0.1, 0.15) is 18.4 Å². The highest BCUT2D eigenvalue weighted by Crippen LogP contribution is 2.33. The van der Waals surface area contributed by atoms with Gasteiger partial charge in [0.05, 0.1) is 34.4 Å². The predicted molar refractivity (Wildman–Crippen MR) is 127 cm³/mol. The predicted octanol–water partition coefficient (Wildman–Crippen LogP) is 2.48. The van der Waals surface area contributed by atoms with Crippen LogP contribution in [0.15, 0.2) is 41.3 Å². The minimum Gasteiger partial charge on any atom is -0.497 e. The number of benzene rings is 2. The summed E-state index contributed by atoms with van der Waals surface area (Å²) in [6, 6.07) is 10.3. The van der Waals surface area contributed by atoms with E-state index in [9.17, 15) is 13.2 Å². The Bertz CT molecular complexity index is 1100. The lowest BCUT2D eigenvalue weighted by atomic mass is 9.99. The van der Waals surface area contributed by atoms with Gasteiger partial charge in [0, 0.05) is 25.7 Å². The number of carbonyl (C=O) groups is 1. The largest absolute Gasteiger partial charge is 0.497 e. The third-order valence-electron chi connectivity index (χ3n) is 5.90. The molecule has 34 heavy (non-hydrogen) atoms. The smallest absolute Gasteiger partial charge is 0.246 e. The minimum atomic E-state index is -3.86. The van der Waals surface area contributed by atoms with Gasteiger partial charge < -0.3 is 24.3 Å². The molecule has 0 aliphatic carbocycles. The van der Waals surface area contributed by atoms with E-state index in [-0.39, 0.29) is 23.1 Å². The van der Waals surface area contributed by atoms with Crippen LogP contribution in [0.2, 0.25) is 0 Å². The third kappa shape index (κ3) is 5.74. The van der Waals surface area contributed by atoms with Crippen molar-refractivity contribution in [3.63, 3.8) is 0 Å². The Morgan fingerprint density at radius 3 is 2.35 bits per heavy atom. The van der Waals surface area contributed by atoms with Crippen molar-refractivity contribution in [1.29, 1.82) is 0 Å². The zero-order valence-corrected chi connectivity index (χ0v) is 20.8. The maximum Gasteiger partial charge on any atom is 0.246 e. The number of sulfonamides is 1. The van der Waals surface area contributed by atoms with Gasteiger partial charge in [-0.15, -0.1) is 0 Å². The molecule has 0 aromatic heterocycles. The summed E-state index contributed by atoms with van der Waals surface area (Å²) in [4.78, 5) is 12.9. The molecule has 1 amide bonds. The minimum absolute atomic E-state index is 0.0314. The van der Waals surface area contributed by atoms with Gasteiger partial charge in [0.2, 0.25) is 15.9 Å². The van der Waals surface area contributed by atoms with Gasteiger partial charge >= 0.3 is 0 Å². The highest BCUT2D eigenvalue weighted by atomic mass is 32.2. The summed E-state index contributed by atoms with van der Waals surface area (Å²) in [5.41, 5.74) is 0.996. The van der Waals surface area contributed by atoms with E-state index in [1.165, 1.54) is 24.6 Å². The van der Waals surface area contributed by atoms with Gasteiger partial charge in [0.1, 0.15) is 16.4 Å². The van der Waals surface area contributed by atoms with E-state index in [0.29, 0.717) is 49.6 Å². The van der Waals surface area contributed by atoms with E-state index >= 15 is 0 Å². The summed E-state index contributed by atoms with van der Waals surface area (Å²) in [6.45, 7) is 0.893. The lowest BCUT2D eigenvalue weighted by molar-refractivity contribution is -0.126. The van der Waals surface area contributed by atoms with E-state index in [1.54, 1.807) is 26.4 Å². The van der Waals surface area contributed by atoms with Gasteiger partial charge in [-0.25, -0.2) is 8.42 Å². The van der Waals surface area contributed by atoms with Crippen LogP contribution in [-0.2, 0) is 21.2 Å². The molecular formula is C24H32N2O7S. The number of hydrogen-bond acceptors (Lipinski definition) is 7. The number of nitrogens with zero attached hydrogens (tertiary/aromatic N) is 1. The third-order valence-corrected chi connectivity index (χ3v) is 7.79. The highest BCUT2D eigenvalue weighted by molar-refractivity contribution is 7.89. The normalized spacial score (nSPS) is 16.5. The Morgan fingerprint density at radius 2 is 1.68 bits per heavy atom. The van der Waals surface area contributed by atoms with Crippen molar-refractivity contribution in [2.45, 2.75) is 24.2 Å². The number of ether oxygens (including phenoxy) is 4. The van der Waals surface area contributed by atoms with Crippen LogP contribution in [0.4, 0.5) is 0 Å². The molecule has 0 saturated carbocycles. The second-order valence-electron chi connectivity index (χ2n) is 7.95. The number of nitrogens with one attached hydrogen (secondary N) is 1. The van der Waals surface area contributed by atoms with Crippen molar-refractivity contribution in [3.05, 3.63) is 42.0 Å². The molecule has 2 aromatic carbocycles. The fraction of sp³-hybridized carbons (Fsp3) is 0.458. The Kier molecular flexibility index (Phi) is 8.62. The molecule has 2 aromatic rings. The molecule has 0 spiro atoms. The molecule has 9 nitrogen and oxygen atoms in total. The maximum absolute atomic E-state index is 13.4. The van der Waals surface area contributed by atoms with E-state index in [2.05, 4.69) is 5.32 Å². The first-order valence-electron chi connectivity index (χ1n) is 11.0. The van der Waals surface area contributed by atoms with Crippen molar-refractivity contribution in [2.24, 2.45) is 5.92 Å². The molecule has 0 bridgehead atoms. The first-order chi connectivity index (χ1) is 16.3. The molecule has 1 N–H and O–H groups in total. The molecule has 1 atom stereocenters. The standard InChI is InChI=1S/C24H32N2O7S/c1-30-19-8-10-21(32-3)23(15-19)34(28,29)26-13-5-6-18(16-26)24(27)25-12-11-17-7-9-20(31-2)22(14-17)33-4/h7-10,14-15,18H,5-6,11-13,16H2,1-4H3,(H,25,27)/t18-/m1/s1. The van der Waals surface area contributed by atoms with Crippen molar-refractivity contribution in [1.82, 2.24) is 9.62 Å². The molecular weight excluding hydrogens is 460 g/mol. The lowest BCUT2D eigenvalue weighted by Crippen LogP contribution is -2.45. The van der Waals surface area contributed by atoms with E-state index in [4.69, 9.17) is 18.9 Å². The number of piperidine rings is 1. The zero-order chi connectivity index (χ0) is 24.7. The summed E-state index contributed by atoms with van der Waals surface area (Å²) in [7, 11) is 2.19. The summed E-state index contributed by atoms with van der Waals surface area (Å²) in [6.07, 6.45) is 1.84. The van der Waals surface area contributed by atoms with E-state index < -0.39 is 15.9 Å². The Hall–Kier alpha value is -2.98. The fourth-order valence-electron chi connectivity index (χ4n) is 4.01. The number of rotatable bonds is 10. The molecule has 0 radical (unpaired) electrons. The molecule has 10 heteroatoms.